The first-order valence-corrected chi connectivity index (χ1v) is 9.67. The lowest BCUT2D eigenvalue weighted by Gasteiger charge is -2.18. The number of ether oxygens (including phenoxy) is 3. The molecule has 0 aliphatic carbocycles. The summed E-state index contributed by atoms with van der Waals surface area (Å²) >= 11 is 0. The molecule has 0 amide bonds. The fraction of sp³-hybridized carbons (Fsp3) is 0.889. The minimum atomic E-state index is -1.07. The first-order valence-electron chi connectivity index (χ1n) is 9.67. The number of esters is 2. The van der Waals surface area contributed by atoms with Gasteiger partial charge in [0, 0.05) is 13.1 Å². The molecule has 0 aromatic rings. The second kappa shape index (κ2) is 14.7. The Morgan fingerprint density at radius 2 is 1.61 bits per heavy atom. The molecule has 1 fully saturated rings. The first-order chi connectivity index (χ1) is 13.4. The van der Waals surface area contributed by atoms with E-state index in [4.69, 9.17) is 24.4 Å². The van der Waals surface area contributed by atoms with Crippen LogP contribution in [-0.4, -0.2) is 116 Å². The topological polar surface area (TPSA) is 129 Å². The molecule has 0 aromatic heterocycles. The quantitative estimate of drug-likeness (QED) is 0.220. The van der Waals surface area contributed by atoms with Crippen molar-refractivity contribution < 1.29 is 39.1 Å². The Kier molecular flexibility index (Phi) is 13.0. The highest BCUT2D eigenvalue weighted by atomic mass is 16.6. The Labute approximate surface area is 166 Å². The molecule has 3 N–H and O–H groups in total. The van der Waals surface area contributed by atoms with Crippen molar-refractivity contribution in [2.75, 3.05) is 66.4 Å². The lowest BCUT2D eigenvalue weighted by molar-refractivity contribution is -0.148. The average molecular weight is 406 g/mol. The van der Waals surface area contributed by atoms with Crippen LogP contribution in [0, 0.1) is 0 Å². The molecule has 1 saturated heterocycles. The first kappa shape index (κ1) is 24.7. The van der Waals surface area contributed by atoms with E-state index in [0.29, 0.717) is 19.5 Å². The van der Waals surface area contributed by atoms with E-state index in [1.54, 1.807) is 11.9 Å². The SMILES string of the molecule is CN(CCC(=O)OC[C@@H](O)CO)COC[C@H](O)COC(=O)CCN1CCCC1. The monoisotopic (exact) mass is 406 g/mol. The zero-order valence-corrected chi connectivity index (χ0v) is 16.6. The summed E-state index contributed by atoms with van der Waals surface area (Å²) in [6.07, 6.45) is 0.799. The standard InChI is InChI=1S/C18H34N2O8/c1-19(8-4-17(24)27-12-15(22)10-21)14-26-11-16(23)13-28-18(25)5-9-20-6-2-3-7-20/h15-16,21-23H,2-14H2,1H3/t15-,16-/m0/s1. The lowest BCUT2D eigenvalue weighted by atomic mass is 10.4. The number of nitrogens with zero attached hydrogens (tertiary/aromatic N) is 2. The van der Waals surface area contributed by atoms with Crippen molar-refractivity contribution >= 4 is 11.9 Å². The smallest absolute Gasteiger partial charge is 0.307 e. The molecule has 28 heavy (non-hydrogen) atoms. The Balaban J connectivity index is 1.99. The van der Waals surface area contributed by atoms with E-state index in [1.807, 2.05) is 0 Å². The average Bonchev–Trinajstić information content (AvgIpc) is 3.20. The molecule has 0 saturated carbocycles. The summed E-state index contributed by atoms with van der Waals surface area (Å²) in [7, 11) is 1.74. The van der Waals surface area contributed by atoms with Crippen molar-refractivity contribution in [1.82, 2.24) is 9.80 Å². The molecule has 0 spiro atoms. The van der Waals surface area contributed by atoms with Crippen LogP contribution in [0.1, 0.15) is 25.7 Å². The van der Waals surface area contributed by atoms with Crippen molar-refractivity contribution in [3.8, 4) is 0 Å². The van der Waals surface area contributed by atoms with Gasteiger partial charge in [-0.1, -0.05) is 0 Å². The normalized spacial score (nSPS) is 16.9. The molecular formula is C18H34N2O8. The van der Waals surface area contributed by atoms with Gasteiger partial charge in [0.2, 0.25) is 0 Å². The van der Waals surface area contributed by atoms with Gasteiger partial charge in [-0.3, -0.25) is 14.5 Å². The summed E-state index contributed by atoms with van der Waals surface area (Å²) in [5.74, 6) is -0.812. The van der Waals surface area contributed by atoms with Crippen LogP contribution in [-0.2, 0) is 23.8 Å². The predicted molar refractivity (Wildman–Crippen MR) is 99.4 cm³/mol. The van der Waals surface area contributed by atoms with Gasteiger partial charge >= 0.3 is 11.9 Å². The van der Waals surface area contributed by atoms with E-state index in [-0.39, 0.29) is 38.9 Å². The molecule has 1 aliphatic heterocycles. The van der Waals surface area contributed by atoms with E-state index in [2.05, 4.69) is 4.90 Å². The minimum absolute atomic E-state index is 0.0108. The second-order valence-electron chi connectivity index (χ2n) is 6.98. The molecule has 10 heteroatoms. The summed E-state index contributed by atoms with van der Waals surface area (Å²) in [6, 6.07) is 0. The van der Waals surface area contributed by atoms with Crippen LogP contribution in [0.15, 0.2) is 0 Å². The molecule has 164 valence electrons. The van der Waals surface area contributed by atoms with Crippen molar-refractivity contribution in [2.24, 2.45) is 0 Å². The fourth-order valence-corrected chi connectivity index (χ4v) is 2.57. The second-order valence-corrected chi connectivity index (χ2v) is 6.98. The Morgan fingerprint density at radius 3 is 2.25 bits per heavy atom. The largest absolute Gasteiger partial charge is 0.463 e. The molecule has 2 atom stereocenters. The molecule has 1 aliphatic rings. The van der Waals surface area contributed by atoms with Gasteiger partial charge in [-0.05, 0) is 33.0 Å². The van der Waals surface area contributed by atoms with Crippen LogP contribution < -0.4 is 0 Å². The zero-order chi connectivity index (χ0) is 20.8. The van der Waals surface area contributed by atoms with Crippen LogP contribution in [0.2, 0.25) is 0 Å². The maximum atomic E-state index is 11.7. The molecule has 1 rings (SSSR count). The van der Waals surface area contributed by atoms with Crippen molar-refractivity contribution in [3.05, 3.63) is 0 Å². The fourth-order valence-electron chi connectivity index (χ4n) is 2.57. The number of rotatable bonds is 15. The maximum Gasteiger partial charge on any atom is 0.307 e. The number of hydrogen-bond acceptors (Lipinski definition) is 10. The maximum absolute atomic E-state index is 11.7. The Morgan fingerprint density at radius 1 is 1.00 bits per heavy atom. The number of carbonyl (C=O) groups excluding carboxylic acids is 2. The third-order valence-corrected chi connectivity index (χ3v) is 4.23. The van der Waals surface area contributed by atoms with E-state index in [9.17, 15) is 14.7 Å². The highest BCUT2D eigenvalue weighted by Gasteiger charge is 2.15. The highest BCUT2D eigenvalue weighted by Crippen LogP contribution is 2.07. The van der Waals surface area contributed by atoms with Gasteiger partial charge in [0.25, 0.3) is 0 Å². The third kappa shape index (κ3) is 12.2. The Hall–Kier alpha value is -1.30. The summed E-state index contributed by atoms with van der Waals surface area (Å²) < 4.78 is 15.2. The molecule has 10 nitrogen and oxygen atoms in total. The molecule has 0 aromatic carbocycles. The van der Waals surface area contributed by atoms with Gasteiger partial charge < -0.3 is 34.4 Å². The highest BCUT2D eigenvalue weighted by molar-refractivity contribution is 5.69. The lowest BCUT2D eigenvalue weighted by Crippen LogP contribution is -2.30. The van der Waals surface area contributed by atoms with E-state index < -0.39 is 24.8 Å². The zero-order valence-electron chi connectivity index (χ0n) is 16.6. The van der Waals surface area contributed by atoms with E-state index in [0.717, 1.165) is 13.1 Å². The number of aliphatic hydroxyl groups is 3. The molecule has 0 bridgehead atoms. The number of carbonyl (C=O) groups is 2. The van der Waals surface area contributed by atoms with Crippen LogP contribution in [0.4, 0.5) is 0 Å². The van der Waals surface area contributed by atoms with Crippen LogP contribution in [0.5, 0.6) is 0 Å². The molecule has 0 radical (unpaired) electrons. The van der Waals surface area contributed by atoms with Gasteiger partial charge in [-0.15, -0.1) is 0 Å². The van der Waals surface area contributed by atoms with Gasteiger partial charge in [-0.25, -0.2) is 0 Å². The van der Waals surface area contributed by atoms with E-state index >= 15 is 0 Å². The Bertz CT molecular complexity index is 445. The third-order valence-electron chi connectivity index (χ3n) is 4.23. The number of aliphatic hydroxyl groups excluding tert-OH is 3. The van der Waals surface area contributed by atoms with Gasteiger partial charge in [0.15, 0.2) is 0 Å². The summed E-state index contributed by atoms with van der Waals surface area (Å²) in [4.78, 5) is 27.1. The van der Waals surface area contributed by atoms with Gasteiger partial charge in [0.05, 0.1) is 32.8 Å². The van der Waals surface area contributed by atoms with Crippen molar-refractivity contribution in [2.45, 2.75) is 37.9 Å². The van der Waals surface area contributed by atoms with Crippen LogP contribution >= 0.6 is 0 Å². The van der Waals surface area contributed by atoms with E-state index in [1.165, 1.54) is 12.8 Å². The summed E-state index contributed by atoms with van der Waals surface area (Å²) in [5, 5.41) is 27.5. The van der Waals surface area contributed by atoms with Crippen LogP contribution in [0.3, 0.4) is 0 Å². The number of hydrogen-bond donors (Lipinski definition) is 3. The number of likely N-dealkylation sites (tertiary alicyclic amines) is 1. The van der Waals surface area contributed by atoms with Crippen LogP contribution in [0.25, 0.3) is 0 Å². The predicted octanol–water partition coefficient (Wildman–Crippen LogP) is -1.43. The van der Waals surface area contributed by atoms with Gasteiger partial charge in [0.1, 0.15) is 25.4 Å². The molecule has 0 unspecified atom stereocenters. The summed E-state index contributed by atoms with van der Waals surface area (Å²) in [6.45, 7) is 2.51. The molecule has 1 heterocycles. The van der Waals surface area contributed by atoms with Gasteiger partial charge in [-0.2, -0.15) is 0 Å². The van der Waals surface area contributed by atoms with Crippen molar-refractivity contribution in [3.63, 3.8) is 0 Å². The molecular weight excluding hydrogens is 372 g/mol. The minimum Gasteiger partial charge on any atom is -0.463 e. The van der Waals surface area contributed by atoms with Crippen molar-refractivity contribution in [1.29, 1.82) is 0 Å². The summed E-state index contributed by atoms with van der Waals surface area (Å²) in [5.41, 5.74) is 0.